The first-order chi connectivity index (χ1) is 8.54. The van der Waals surface area contributed by atoms with Gasteiger partial charge in [0, 0.05) is 25.4 Å². The normalized spacial score (nSPS) is 32.1. The van der Waals surface area contributed by atoms with Gasteiger partial charge in [0.25, 0.3) is 0 Å². The van der Waals surface area contributed by atoms with E-state index in [-0.39, 0.29) is 5.66 Å². The minimum atomic E-state index is 0.122. The summed E-state index contributed by atoms with van der Waals surface area (Å²) >= 11 is 0. The van der Waals surface area contributed by atoms with Gasteiger partial charge in [-0.25, -0.2) is 0 Å². The Bertz CT molecular complexity index is 322. The van der Waals surface area contributed by atoms with Crippen molar-refractivity contribution in [3.8, 4) is 0 Å². The van der Waals surface area contributed by atoms with E-state index in [1.165, 1.54) is 25.2 Å². The predicted octanol–water partition coefficient (Wildman–Crippen LogP) is 2.73. The standard InChI is InChI=1S/C15H29N3/c1-6-17-15(12(4)5)13(11(2)3)10-16-14-8-7-9-18(14)15/h11-13,17H,6-10H2,1-5H3. The van der Waals surface area contributed by atoms with Crippen LogP contribution in [-0.2, 0) is 0 Å². The second kappa shape index (κ2) is 5.20. The third-order valence-corrected chi connectivity index (χ3v) is 4.72. The topological polar surface area (TPSA) is 27.6 Å². The Morgan fingerprint density at radius 2 is 2.11 bits per heavy atom. The molecule has 2 aliphatic rings. The summed E-state index contributed by atoms with van der Waals surface area (Å²) in [7, 11) is 0. The van der Waals surface area contributed by atoms with Crippen molar-refractivity contribution >= 4 is 5.84 Å². The highest BCUT2D eigenvalue weighted by Gasteiger charge is 2.51. The number of amidine groups is 1. The molecule has 2 rings (SSSR count). The van der Waals surface area contributed by atoms with Gasteiger partial charge >= 0.3 is 0 Å². The maximum atomic E-state index is 4.86. The number of rotatable bonds is 4. The van der Waals surface area contributed by atoms with Gasteiger partial charge in [-0.2, -0.15) is 0 Å². The lowest BCUT2D eigenvalue weighted by Crippen LogP contribution is -2.70. The number of aliphatic imine (C=N–C) groups is 1. The van der Waals surface area contributed by atoms with Gasteiger partial charge in [-0.15, -0.1) is 0 Å². The Hall–Kier alpha value is -0.570. The maximum Gasteiger partial charge on any atom is 0.100 e. The first-order valence-electron chi connectivity index (χ1n) is 7.60. The molecule has 0 amide bonds. The average Bonchev–Trinajstić information content (AvgIpc) is 2.77. The van der Waals surface area contributed by atoms with Crippen molar-refractivity contribution < 1.29 is 0 Å². The molecule has 2 unspecified atom stereocenters. The van der Waals surface area contributed by atoms with Crippen LogP contribution in [0.3, 0.4) is 0 Å². The SMILES string of the molecule is CCNC1(C(C)C)C(C(C)C)CN=C2CCCN21. The molecule has 1 fully saturated rings. The van der Waals surface area contributed by atoms with E-state index in [0.29, 0.717) is 17.8 Å². The molecule has 3 nitrogen and oxygen atoms in total. The van der Waals surface area contributed by atoms with Gasteiger partial charge in [0.15, 0.2) is 0 Å². The van der Waals surface area contributed by atoms with Gasteiger partial charge in [-0.1, -0.05) is 34.6 Å². The fourth-order valence-electron chi connectivity index (χ4n) is 3.94. The molecule has 1 saturated heterocycles. The van der Waals surface area contributed by atoms with Gasteiger partial charge < -0.3 is 4.90 Å². The van der Waals surface area contributed by atoms with Crippen molar-refractivity contribution in [1.82, 2.24) is 10.2 Å². The molecule has 0 spiro atoms. The Balaban J connectivity index is 2.42. The van der Waals surface area contributed by atoms with Crippen LogP contribution in [0.15, 0.2) is 4.99 Å². The maximum absolute atomic E-state index is 4.86. The molecule has 2 aliphatic heterocycles. The van der Waals surface area contributed by atoms with E-state index in [1.807, 2.05) is 0 Å². The number of fused-ring (bicyclic) bond motifs is 1. The van der Waals surface area contributed by atoms with E-state index in [9.17, 15) is 0 Å². The molecule has 18 heavy (non-hydrogen) atoms. The summed E-state index contributed by atoms with van der Waals surface area (Å²) in [5.74, 6) is 3.23. The molecule has 0 saturated carbocycles. The quantitative estimate of drug-likeness (QED) is 0.832. The summed E-state index contributed by atoms with van der Waals surface area (Å²) in [4.78, 5) is 7.45. The van der Waals surface area contributed by atoms with Gasteiger partial charge in [0.2, 0.25) is 0 Å². The summed E-state index contributed by atoms with van der Waals surface area (Å²) < 4.78 is 0. The molecule has 0 radical (unpaired) electrons. The lowest BCUT2D eigenvalue weighted by molar-refractivity contribution is -0.00814. The predicted molar refractivity (Wildman–Crippen MR) is 77.8 cm³/mol. The van der Waals surface area contributed by atoms with Crippen molar-refractivity contribution in [2.45, 2.75) is 53.1 Å². The van der Waals surface area contributed by atoms with Gasteiger partial charge in [0.1, 0.15) is 5.84 Å². The largest absolute Gasteiger partial charge is 0.341 e. The molecular weight excluding hydrogens is 222 g/mol. The smallest absolute Gasteiger partial charge is 0.100 e. The third kappa shape index (κ3) is 1.97. The van der Waals surface area contributed by atoms with Crippen LogP contribution in [0, 0.1) is 17.8 Å². The number of nitrogens with zero attached hydrogens (tertiary/aromatic N) is 2. The third-order valence-electron chi connectivity index (χ3n) is 4.72. The molecule has 2 atom stereocenters. The highest BCUT2D eigenvalue weighted by atomic mass is 15.4. The van der Waals surface area contributed by atoms with Crippen LogP contribution in [0.1, 0.15) is 47.5 Å². The first-order valence-corrected chi connectivity index (χ1v) is 7.60. The first kappa shape index (κ1) is 13.9. The van der Waals surface area contributed by atoms with Crippen LogP contribution in [0.5, 0.6) is 0 Å². The van der Waals surface area contributed by atoms with Gasteiger partial charge in [-0.3, -0.25) is 10.3 Å². The van der Waals surface area contributed by atoms with Crippen molar-refractivity contribution in [3.05, 3.63) is 0 Å². The molecule has 0 aliphatic carbocycles. The van der Waals surface area contributed by atoms with Gasteiger partial charge in [-0.05, 0) is 24.8 Å². The lowest BCUT2D eigenvalue weighted by Gasteiger charge is -2.55. The van der Waals surface area contributed by atoms with Crippen molar-refractivity contribution in [3.63, 3.8) is 0 Å². The number of hydrogen-bond donors (Lipinski definition) is 1. The van der Waals surface area contributed by atoms with E-state index in [4.69, 9.17) is 4.99 Å². The number of nitrogens with one attached hydrogen (secondary N) is 1. The van der Waals surface area contributed by atoms with E-state index < -0.39 is 0 Å². The van der Waals surface area contributed by atoms with E-state index >= 15 is 0 Å². The van der Waals surface area contributed by atoms with Crippen molar-refractivity contribution in [2.75, 3.05) is 19.6 Å². The molecule has 0 bridgehead atoms. The van der Waals surface area contributed by atoms with Crippen molar-refractivity contribution in [2.24, 2.45) is 22.7 Å². The molecule has 0 aromatic heterocycles. The molecule has 0 aromatic carbocycles. The Morgan fingerprint density at radius 1 is 1.39 bits per heavy atom. The summed E-state index contributed by atoms with van der Waals surface area (Å²) in [5.41, 5.74) is 0.122. The highest BCUT2D eigenvalue weighted by molar-refractivity contribution is 5.85. The zero-order chi connectivity index (χ0) is 13.3. The second-order valence-corrected chi connectivity index (χ2v) is 6.37. The van der Waals surface area contributed by atoms with Crippen LogP contribution < -0.4 is 5.32 Å². The Kier molecular flexibility index (Phi) is 4.00. The van der Waals surface area contributed by atoms with E-state index in [1.54, 1.807) is 0 Å². The molecule has 3 heteroatoms. The second-order valence-electron chi connectivity index (χ2n) is 6.37. The molecule has 1 N–H and O–H groups in total. The minimum Gasteiger partial charge on any atom is -0.341 e. The van der Waals surface area contributed by atoms with Crippen LogP contribution in [0.25, 0.3) is 0 Å². The zero-order valence-corrected chi connectivity index (χ0v) is 12.7. The van der Waals surface area contributed by atoms with E-state index in [2.05, 4.69) is 44.8 Å². The van der Waals surface area contributed by atoms with Crippen LogP contribution in [0.4, 0.5) is 0 Å². The fourth-order valence-corrected chi connectivity index (χ4v) is 3.94. The molecule has 104 valence electrons. The van der Waals surface area contributed by atoms with Crippen molar-refractivity contribution in [1.29, 1.82) is 0 Å². The molecule has 0 aromatic rings. The van der Waals surface area contributed by atoms with Gasteiger partial charge in [0.05, 0.1) is 5.66 Å². The summed E-state index contributed by atoms with van der Waals surface area (Å²) in [6.07, 6.45) is 2.44. The summed E-state index contributed by atoms with van der Waals surface area (Å²) in [6.45, 7) is 14.8. The Labute approximate surface area is 112 Å². The number of hydrogen-bond acceptors (Lipinski definition) is 3. The zero-order valence-electron chi connectivity index (χ0n) is 12.7. The highest BCUT2D eigenvalue weighted by Crippen LogP contribution is 2.40. The lowest BCUT2D eigenvalue weighted by atomic mass is 9.74. The Morgan fingerprint density at radius 3 is 2.67 bits per heavy atom. The van der Waals surface area contributed by atoms with Crippen LogP contribution in [-0.4, -0.2) is 36.0 Å². The molecule has 2 heterocycles. The summed E-state index contributed by atoms with van der Waals surface area (Å²) in [5, 5.41) is 3.85. The van der Waals surface area contributed by atoms with Crippen LogP contribution >= 0.6 is 0 Å². The average molecular weight is 251 g/mol. The minimum absolute atomic E-state index is 0.122. The summed E-state index contributed by atoms with van der Waals surface area (Å²) in [6, 6.07) is 0. The molecular formula is C15H29N3. The van der Waals surface area contributed by atoms with E-state index in [0.717, 1.165) is 13.1 Å². The monoisotopic (exact) mass is 251 g/mol. The fraction of sp³-hybridized carbons (Fsp3) is 0.933. The van der Waals surface area contributed by atoms with Crippen LogP contribution in [0.2, 0.25) is 0 Å².